The Labute approximate surface area is 70.1 Å². The molecule has 1 rings (SSSR count). The fourth-order valence-corrected chi connectivity index (χ4v) is 1.46. The number of hydrogen-bond donors (Lipinski definition) is 0. The zero-order valence-corrected chi connectivity index (χ0v) is 7.00. The Bertz CT molecular complexity index is 182. The average molecular weight is 258 g/mol. The minimum Gasteiger partial charge on any atom is -0.391 e. The quantitative estimate of drug-likeness (QED) is 0.297. The van der Waals surface area contributed by atoms with Gasteiger partial charge in [-0.2, -0.15) is 0 Å². The molecule has 1 aliphatic rings. The lowest BCUT2D eigenvalue weighted by atomic mass is 10.1. The summed E-state index contributed by atoms with van der Waals surface area (Å²) in [6, 6.07) is 0. The Morgan fingerprint density at radius 3 is 2.30 bits per heavy atom. The Kier molecular flexibility index (Phi) is 2.22. The van der Waals surface area contributed by atoms with E-state index in [-0.39, 0.29) is 4.43 Å². The van der Waals surface area contributed by atoms with Crippen LogP contribution in [-0.4, -0.2) is 22.5 Å². The highest BCUT2D eigenvalue weighted by atomic mass is 127. The van der Waals surface area contributed by atoms with Crippen LogP contribution in [0.1, 0.15) is 0 Å². The third kappa shape index (κ3) is 1.14. The van der Waals surface area contributed by atoms with Gasteiger partial charge in [0.2, 0.25) is 6.17 Å². The number of hydrogen-bond acceptors (Lipinski definition) is 3. The third-order valence-electron chi connectivity index (χ3n) is 1.25. The lowest BCUT2D eigenvalue weighted by molar-refractivity contribution is -0.153. The molecule has 0 radical (unpaired) electrons. The van der Waals surface area contributed by atoms with Crippen molar-refractivity contribution in [3.63, 3.8) is 0 Å². The first-order valence-corrected chi connectivity index (χ1v) is 4.15. The second-order valence-electron chi connectivity index (χ2n) is 1.90. The van der Waals surface area contributed by atoms with Crippen LogP contribution >= 0.6 is 22.6 Å². The van der Waals surface area contributed by atoms with Gasteiger partial charge in [0.15, 0.2) is 0 Å². The summed E-state index contributed by atoms with van der Waals surface area (Å²) in [6.45, 7) is 0. The second-order valence-corrected chi connectivity index (χ2v) is 2.78. The Morgan fingerprint density at radius 1 is 1.50 bits per heavy atom. The van der Waals surface area contributed by atoms with E-state index in [1.54, 1.807) is 0 Å². The zero-order chi connectivity index (χ0) is 7.72. The fraction of sp³-hybridized carbons (Fsp3) is 0.600. The van der Waals surface area contributed by atoms with Gasteiger partial charge in [-0.25, -0.2) is 9.18 Å². The summed E-state index contributed by atoms with van der Waals surface area (Å²) in [5.41, 5.74) is 0. The van der Waals surface area contributed by atoms with Gasteiger partial charge in [-0.05, 0) is 0 Å². The van der Waals surface area contributed by atoms with E-state index in [1.807, 2.05) is 22.6 Å². The standard InChI is InChI=1S/C5H4FIO3/c6-3-2(1-7)4(8)10-5(3)9/h2-3H,1H2. The van der Waals surface area contributed by atoms with E-state index in [1.165, 1.54) is 0 Å². The van der Waals surface area contributed by atoms with Crippen LogP contribution in [-0.2, 0) is 14.3 Å². The molecule has 2 atom stereocenters. The molecular formula is C5H4FIO3. The molecule has 0 amide bonds. The van der Waals surface area contributed by atoms with E-state index in [4.69, 9.17) is 0 Å². The highest BCUT2D eigenvalue weighted by molar-refractivity contribution is 14.1. The molecule has 0 N–H and O–H groups in total. The highest BCUT2D eigenvalue weighted by Gasteiger charge is 2.43. The Morgan fingerprint density at radius 2 is 2.10 bits per heavy atom. The van der Waals surface area contributed by atoms with E-state index < -0.39 is 24.0 Å². The van der Waals surface area contributed by atoms with E-state index in [0.29, 0.717) is 0 Å². The minimum atomic E-state index is -1.75. The van der Waals surface area contributed by atoms with Crippen LogP contribution in [0.4, 0.5) is 4.39 Å². The monoisotopic (exact) mass is 258 g/mol. The molecule has 10 heavy (non-hydrogen) atoms. The number of cyclic esters (lactones) is 2. The number of rotatable bonds is 1. The molecule has 0 aromatic rings. The third-order valence-corrected chi connectivity index (χ3v) is 2.20. The molecule has 0 aromatic heterocycles. The van der Waals surface area contributed by atoms with Crippen LogP contribution in [0, 0.1) is 5.92 Å². The van der Waals surface area contributed by atoms with Gasteiger partial charge in [-0.1, -0.05) is 22.6 Å². The molecule has 0 saturated carbocycles. The second kappa shape index (κ2) is 2.81. The largest absolute Gasteiger partial charge is 0.391 e. The van der Waals surface area contributed by atoms with Crippen LogP contribution in [0.5, 0.6) is 0 Å². The number of ether oxygens (including phenoxy) is 1. The van der Waals surface area contributed by atoms with Gasteiger partial charge in [0, 0.05) is 4.43 Å². The molecule has 0 spiro atoms. The normalized spacial score (nSPS) is 32.6. The van der Waals surface area contributed by atoms with Gasteiger partial charge in [-0.3, -0.25) is 4.79 Å². The van der Waals surface area contributed by atoms with E-state index >= 15 is 0 Å². The lowest BCUT2D eigenvalue weighted by Gasteiger charge is -1.97. The maximum Gasteiger partial charge on any atom is 0.349 e. The molecule has 0 bridgehead atoms. The summed E-state index contributed by atoms with van der Waals surface area (Å²) in [4.78, 5) is 20.9. The van der Waals surface area contributed by atoms with E-state index in [2.05, 4.69) is 4.74 Å². The van der Waals surface area contributed by atoms with Crippen molar-refractivity contribution >= 4 is 34.5 Å². The van der Waals surface area contributed by atoms with Crippen LogP contribution in [0.3, 0.4) is 0 Å². The van der Waals surface area contributed by atoms with Crippen molar-refractivity contribution in [3.05, 3.63) is 0 Å². The van der Waals surface area contributed by atoms with Crippen LogP contribution < -0.4 is 0 Å². The van der Waals surface area contributed by atoms with E-state index in [0.717, 1.165) is 0 Å². The molecule has 1 saturated heterocycles. The maximum atomic E-state index is 12.5. The summed E-state index contributed by atoms with van der Waals surface area (Å²) in [5, 5.41) is 0. The molecule has 1 aliphatic heterocycles. The molecule has 3 nitrogen and oxygen atoms in total. The van der Waals surface area contributed by atoms with E-state index in [9.17, 15) is 14.0 Å². The summed E-state index contributed by atoms with van der Waals surface area (Å²) in [7, 11) is 0. The molecule has 0 aliphatic carbocycles. The van der Waals surface area contributed by atoms with Crippen molar-refractivity contribution in [1.82, 2.24) is 0 Å². The average Bonchev–Trinajstić information content (AvgIpc) is 2.09. The summed E-state index contributed by atoms with van der Waals surface area (Å²) in [5.74, 6) is -2.67. The smallest absolute Gasteiger partial charge is 0.349 e. The van der Waals surface area contributed by atoms with Crippen molar-refractivity contribution in [3.8, 4) is 0 Å². The fourth-order valence-electron chi connectivity index (χ4n) is 0.656. The van der Waals surface area contributed by atoms with Gasteiger partial charge in [0.1, 0.15) is 5.92 Å². The number of halogens is 2. The molecule has 2 unspecified atom stereocenters. The van der Waals surface area contributed by atoms with Crippen molar-refractivity contribution < 1.29 is 18.7 Å². The number of esters is 2. The number of carbonyl (C=O) groups excluding carboxylic acids is 2. The minimum absolute atomic E-state index is 0.281. The lowest BCUT2D eigenvalue weighted by Crippen LogP contribution is -2.19. The van der Waals surface area contributed by atoms with Gasteiger partial charge in [0.25, 0.3) is 0 Å². The molecule has 1 fully saturated rings. The SMILES string of the molecule is O=C1OC(=O)C(CI)C1F. The first kappa shape index (κ1) is 7.90. The van der Waals surface area contributed by atoms with Gasteiger partial charge >= 0.3 is 11.9 Å². The zero-order valence-electron chi connectivity index (χ0n) is 4.84. The van der Waals surface area contributed by atoms with Crippen molar-refractivity contribution in [2.45, 2.75) is 6.17 Å². The Balaban J connectivity index is 2.73. The summed E-state index contributed by atoms with van der Waals surface area (Å²) in [6.07, 6.45) is -1.75. The van der Waals surface area contributed by atoms with Gasteiger partial charge < -0.3 is 4.74 Å². The van der Waals surface area contributed by atoms with Crippen LogP contribution in [0.2, 0.25) is 0 Å². The van der Waals surface area contributed by atoms with Crippen LogP contribution in [0.25, 0.3) is 0 Å². The number of carbonyl (C=O) groups is 2. The summed E-state index contributed by atoms with van der Waals surface area (Å²) >= 11 is 1.84. The van der Waals surface area contributed by atoms with Gasteiger partial charge in [-0.15, -0.1) is 0 Å². The Hall–Kier alpha value is -0.200. The van der Waals surface area contributed by atoms with Crippen molar-refractivity contribution in [2.24, 2.45) is 5.92 Å². The first-order chi connectivity index (χ1) is 4.66. The topological polar surface area (TPSA) is 43.4 Å². The predicted molar refractivity (Wildman–Crippen MR) is 38.4 cm³/mol. The summed E-state index contributed by atoms with van der Waals surface area (Å²) < 4.78 is 16.8. The molecule has 1 heterocycles. The maximum absolute atomic E-state index is 12.5. The molecule has 5 heteroatoms. The van der Waals surface area contributed by atoms with Crippen molar-refractivity contribution in [2.75, 3.05) is 4.43 Å². The van der Waals surface area contributed by atoms with Crippen molar-refractivity contribution in [1.29, 1.82) is 0 Å². The van der Waals surface area contributed by atoms with Gasteiger partial charge in [0.05, 0.1) is 0 Å². The highest BCUT2D eigenvalue weighted by Crippen LogP contribution is 2.21. The van der Waals surface area contributed by atoms with Crippen LogP contribution in [0.15, 0.2) is 0 Å². The molecule has 0 aromatic carbocycles. The molecule has 56 valence electrons. The molecular weight excluding hydrogens is 254 g/mol. The predicted octanol–water partition coefficient (Wildman–Crippen LogP) is 0.459. The first-order valence-electron chi connectivity index (χ1n) is 2.62. The number of alkyl halides is 2.